The molecule has 6 nitrogen and oxygen atoms in total. The molecule has 4 rings (SSSR count). The van der Waals surface area contributed by atoms with Gasteiger partial charge in [-0.05, 0) is 31.0 Å². The third-order valence-corrected chi connectivity index (χ3v) is 5.21. The minimum Gasteiger partial charge on any atom is -0.467 e. The monoisotopic (exact) mass is 377 g/mol. The molecule has 1 aliphatic rings. The normalized spacial score (nSPS) is 14.3. The number of nitrogens with zero attached hydrogens (tertiary/aromatic N) is 3. The number of carbonyl (C=O) groups is 1. The van der Waals surface area contributed by atoms with E-state index in [9.17, 15) is 9.59 Å². The Balaban J connectivity index is 1.57. The Morgan fingerprint density at radius 1 is 1.07 bits per heavy atom. The number of amides is 1. The Labute approximate surface area is 163 Å². The molecule has 0 unspecified atom stereocenters. The highest BCUT2D eigenvalue weighted by atomic mass is 16.3. The van der Waals surface area contributed by atoms with Crippen LogP contribution in [0.5, 0.6) is 0 Å². The molecule has 1 saturated carbocycles. The summed E-state index contributed by atoms with van der Waals surface area (Å²) in [6.07, 6.45) is 5.82. The van der Waals surface area contributed by atoms with Gasteiger partial charge in [0, 0.05) is 17.7 Å². The van der Waals surface area contributed by atoms with Crippen LogP contribution in [0.4, 0.5) is 0 Å². The van der Waals surface area contributed by atoms with Crippen LogP contribution in [0.1, 0.15) is 31.4 Å². The number of rotatable bonds is 6. The van der Waals surface area contributed by atoms with Crippen LogP contribution < -0.4 is 5.56 Å². The van der Waals surface area contributed by atoms with E-state index in [0.717, 1.165) is 37.0 Å². The van der Waals surface area contributed by atoms with E-state index in [2.05, 4.69) is 5.10 Å². The van der Waals surface area contributed by atoms with Gasteiger partial charge in [-0.2, -0.15) is 5.10 Å². The van der Waals surface area contributed by atoms with Gasteiger partial charge in [0.15, 0.2) is 0 Å². The number of carbonyl (C=O) groups excluding carboxylic acids is 1. The van der Waals surface area contributed by atoms with Gasteiger partial charge < -0.3 is 9.32 Å². The van der Waals surface area contributed by atoms with Gasteiger partial charge in [-0.1, -0.05) is 43.2 Å². The number of aromatic nitrogens is 2. The Morgan fingerprint density at radius 3 is 2.57 bits per heavy atom. The summed E-state index contributed by atoms with van der Waals surface area (Å²) in [6.45, 7) is 0.348. The van der Waals surface area contributed by atoms with E-state index in [-0.39, 0.29) is 24.1 Å². The smallest absolute Gasteiger partial charge is 0.267 e. The molecule has 1 amide bonds. The van der Waals surface area contributed by atoms with Gasteiger partial charge in [0.1, 0.15) is 12.3 Å². The zero-order valence-electron chi connectivity index (χ0n) is 15.7. The molecule has 0 aliphatic heterocycles. The van der Waals surface area contributed by atoms with Crippen LogP contribution in [-0.4, -0.2) is 26.6 Å². The Hall–Kier alpha value is -3.15. The van der Waals surface area contributed by atoms with Crippen LogP contribution in [0.15, 0.2) is 70.1 Å². The lowest BCUT2D eigenvalue weighted by Gasteiger charge is -2.28. The molecule has 2 heterocycles. The lowest BCUT2D eigenvalue weighted by molar-refractivity contribution is -0.135. The number of hydrogen-bond donors (Lipinski definition) is 0. The maximum Gasteiger partial charge on any atom is 0.267 e. The summed E-state index contributed by atoms with van der Waals surface area (Å²) in [6, 6.07) is 16.7. The number of benzene rings is 1. The van der Waals surface area contributed by atoms with Gasteiger partial charge in [0.25, 0.3) is 5.56 Å². The van der Waals surface area contributed by atoms with Crippen molar-refractivity contribution in [2.45, 2.75) is 44.8 Å². The summed E-state index contributed by atoms with van der Waals surface area (Å²) < 4.78 is 6.71. The van der Waals surface area contributed by atoms with E-state index < -0.39 is 0 Å². The first-order chi connectivity index (χ1) is 13.7. The third kappa shape index (κ3) is 4.06. The zero-order valence-corrected chi connectivity index (χ0v) is 15.7. The van der Waals surface area contributed by atoms with Gasteiger partial charge in [0.2, 0.25) is 5.91 Å². The largest absolute Gasteiger partial charge is 0.467 e. The van der Waals surface area contributed by atoms with Crippen molar-refractivity contribution in [1.29, 1.82) is 0 Å². The molecular formula is C22H23N3O3. The SMILES string of the molecule is O=C(Cn1nc(-c2ccccc2)ccc1=O)N(Cc1ccco1)C1CCCC1. The first-order valence-corrected chi connectivity index (χ1v) is 9.66. The van der Waals surface area contributed by atoms with Gasteiger partial charge in [-0.3, -0.25) is 9.59 Å². The van der Waals surface area contributed by atoms with Gasteiger partial charge >= 0.3 is 0 Å². The summed E-state index contributed by atoms with van der Waals surface area (Å²) in [5, 5.41) is 4.42. The second kappa shape index (κ2) is 8.25. The molecule has 1 aliphatic carbocycles. The minimum absolute atomic E-state index is 0.0727. The zero-order chi connectivity index (χ0) is 19.3. The van der Waals surface area contributed by atoms with Gasteiger partial charge in [-0.25, -0.2) is 4.68 Å². The first-order valence-electron chi connectivity index (χ1n) is 9.66. The van der Waals surface area contributed by atoms with Crippen LogP contribution in [0.2, 0.25) is 0 Å². The molecular weight excluding hydrogens is 354 g/mol. The summed E-state index contributed by atoms with van der Waals surface area (Å²) in [7, 11) is 0. The molecule has 0 radical (unpaired) electrons. The van der Waals surface area contributed by atoms with E-state index in [1.807, 2.05) is 47.4 Å². The van der Waals surface area contributed by atoms with Crippen LogP contribution in [0.3, 0.4) is 0 Å². The molecule has 6 heteroatoms. The topological polar surface area (TPSA) is 68.3 Å². The molecule has 1 fully saturated rings. The highest BCUT2D eigenvalue weighted by Gasteiger charge is 2.28. The predicted molar refractivity (Wildman–Crippen MR) is 105 cm³/mol. The van der Waals surface area contributed by atoms with Crippen LogP contribution in [0.25, 0.3) is 11.3 Å². The van der Waals surface area contributed by atoms with Crippen molar-refractivity contribution in [2.75, 3.05) is 0 Å². The fourth-order valence-electron chi connectivity index (χ4n) is 3.75. The third-order valence-electron chi connectivity index (χ3n) is 5.21. The Morgan fingerprint density at radius 2 is 1.86 bits per heavy atom. The quantitative estimate of drug-likeness (QED) is 0.660. The molecule has 1 aromatic carbocycles. The van der Waals surface area contributed by atoms with E-state index in [0.29, 0.717) is 12.2 Å². The van der Waals surface area contributed by atoms with Crippen LogP contribution >= 0.6 is 0 Å². The van der Waals surface area contributed by atoms with E-state index in [4.69, 9.17) is 4.42 Å². The van der Waals surface area contributed by atoms with Crippen molar-refractivity contribution in [1.82, 2.24) is 14.7 Å². The molecule has 0 bridgehead atoms. The summed E-state index contributed by atoms with van der Waals surface area (Å²) >= 11 is 0. The molecule has 0 spiro atoms. The minimum atomic E-state index is -0.280. The highest BCUT2D eigenvalue weighted by Crippen LogP contribution is 2.25. The number of furan rings is 1. The molecule has 0 N–H and O–H groups in total. The lowest BCUT2D eigenvalue weighted by Crippen LogP contribution is -2.42. The molecule has 28 heavy (non-hydrogen) atoms. The molecule has 144 valence electrons. The van der Waals surface area contributed by atoms with Crippen LogP contribution in [0, 0.1) is 0 Å². The predicted octanol–water partition coefficient (Wildman–Crippen LogP) is 3.47. The average Bonchev–Trinajstić information content (AvgIpc) is 3.42. The standard InChI is InChI=1S/C22H23N3O3/c26-21-13-12-20(17-7-2-1-3-8-17)23-25(21)16-22(27)24(18-9-4-5-10-18)15-19-11-6-14-28-19/h1-3,6-8,11-14,18H,4-5,9-10,15-16H2. The highest BCUT2D eigenvalue weighted by molar-refractivity contribution is 5.76. The van der Waals surface area contributed by atoms with Crippen molar-refractivity contribution in [3.8, 4) is 11.3 Å². The Kier molecular flexibility index (Phi) is 5.37. The molecule has 3 aromatic rings. The Bertz CT molecular complexity index is 974. The maximum atomic E-state index is 13.1. The first kappa shape index (κ1) is 18.2. The van der Waals surface area contributed by atoms with E-state index >= 15 is 0 Å². The van der Waals surface area contributed by atoms with Crippen molar-refractivity contribution in [3.05, 3.63) is 77.0 Å². The fourth-order valence-corrected chi connectivity index (χ4v) is 3.75. The summed E-state index contributed by atoms with van der Waals surface area (Å²) in [5.74, 6) is 0.640. The maximum absolute atomic E-state index is 13.1. The van der Waals surface area contributed by atoms with Gasteiger partial charge in [-0.15, -0.1) is 0 Å². The van der Waals surface area contributed by atoms with E-state index in [1.54, 1.807) is 12.3 Å². The molecule has 2 aromatic heterocycles. The molecule has 0 saturated heterocycles. The average molecular weight is 377 g/mol. The molecule has 0 atom stereocenters. The van der Waals surface area contributed by atoms with E-state index in [1.165, 1.54) is 10.7 Å². The van der Waals surface area contributed by atoms with Crippen molar-refractivity contribution in [3.63, 3.8) is 0 Å². The van der Waals surface area contributed by atoms with Crippen molar-refractivity contribution >= 4 is 5.91 Å². The van der Waals surface area contributed by atoms with Crippen molar-refractivity contribution in [2.24, 2.45) is 0 Å². The number of hydrogen-bond acceptors (Lipinski definition) is 4. The van der Waals surface area contributed by atoms with Gasteiger partial charge in [0.05, 0.1) is 18.5 Å². The second-order valence-electron chi connectivity index (χ2n) is 7.12. The van der Waals surface area contributed by atoms with Crippen molar-refractivity contribution < 1.29 is 9.21 Å². The lowest BCUT2D eigenvalue weighted by atomic mass is 10.1. The fraction of sp³-hybridized carbons (Fsp3) is 0.318. The summed E-state index contributed by atoms with van der Waals surface area (Å²) in [5.41, 5.74) is 1.30. The second-order valence-corrected chi connectivity index (χ2v) is 7.12. The summed E-state index contributed by atoms with van der Waals surface area (Å²) in [4.78, 5) is 27.3. The van der Waals surface area contributed by atoms with Crippen LogP contribution in [-0.2, 0) is 17.9 Å².